The van der Waals surface area contributed by atoms with E-state index in [1.807, 2.05) is 66.1 Å². The number of pyridine rings is 1. The zero-order valence-corrected chi connectivity index (χ0v) is 14.6. The number of nitrogens with zero attached hydrogens (tertiary/aromatic N) is 3. The molecule has 6 nitrogen and oxygen atoms in total. The van der Waals surface area contributed by atoms with Gasteiger partial charge in [0.05, 0.1) is 29.2 Å². The van der Waals surface area contributed by atoms with Crippen molar-refractivity contribution in [2.24, 2.45) is 0 Å². The molecule has 0 aliphatic carbocycles. The van der Waals surface area contributed by atoms with Crippen molar-refractivity contribution in [1.82, 2.24) is 4.98 Å². The molecule has 1 aromatic carbocycles. The van der Waals surface area contributed by atoms with Gasteiger partial charge in [-0.1, -0.05) is 12.1 Å². The first-order valence-electron chi connectivity index (χ1n) is 8.39. The van der Waals surface area contributed by atoms with E-state index >= 15 is 0 Å². The average molecular weight is 349 g/mol. The number of para-hydroxylation sites is 2. The van der Waals surface area contributed by atoms with E-state index in [1.165, 1.54) is 0 Å². The molecule has 1 N–H and O–H groups in total. The second kappa shape index (κ2) is 6.22. The van der Waals surface area contributed by atoms with Gasteiger partial charge in [-0.25, -0.2) is 4.79 Å². The molecule has 132 valence electrons. The molecule has 3 heterocycles. The monoisotopic (exact) mass is 349 g/mol. The Hall–Kier alpha value is -3.28. The fraction of sp³-hybridized carbons (Fsp3) is 0.200. The van der Waals surface area contributed by atoms with Crippen LogP contribution in [0.1, 0.15) is 13.8 Å². The SMILES string of the molecule is CC1=CC(N2COc3ccccc32)C(C(=O)O)=C(C)N1c1cccnc1. The second-order valence-electron chi connectivity index (χ2n) is 6.31. The number of aliphatic carboxylic acids is 1. The van der Waals surface area contributed by atoms with Crippen LogP contribution in [0.5, 0.6) is 5.75 Å². The molecule has 0 amide bonds. The molecule has 1 aromatic heterocycles. The molecule has 0 spiro atoms. The molecule has 4 rings (SSSR count). The maximum Gasteiger partial charge on any atom is 0.335 e. The Morgan fingerprint density at radius 1 is 1.23 bits per heavy atom. The van der Waals surface area contributed by atoms with Gasteiger partial charge in [0.2, 0.25) is 0 Å². The summed E-state index contributed by atoms with van der Waals surface area (Å²) in [5.74, 6) is -0.162. The first-order chi connectivity index (χ1) is 12.6. The molecule has 2 aromatic rings. The largest absolute Gasteiger partial charge is 0.478 e. The Morgan fingerprint density at radius 2 is 2.04 bits per heavy atom. The van der Waals surface area contributed by atoms with Crippen molar-refractivity contribution in [2.75, 3.05) is 16.5 Å². The third-order valence-corrected chi connectivity index (χ3v) is 4.78. The average Bonchev–Trinajstić information content (AvgIpc) is 3.05. The summed E-state index contributed by atoms with van der Waals surface area (Å²) in [4.78, 5) is 20.2. The standard InChI is InChI=1S/C20H19N3O3/c1-13-10-17(22-12-26-18-8-4-3-7-16(18)22)19(20(24)25)14(2)23(13)15-6-5-9-21-11-15/h3-11,17H,12H2,1-2H3,(H,24,25). The molecule has 6 heteroatoms. The van der Waals surface area contributed by atoms with Gasteiger partial charge in [0, 0.05) is 17.6 Å². The summed E-state index contributed by atoms with van der Waals surface area (Å²) < 4.78 is 5.73. The molecule has 2 aliphatic rings. The summed E-state index contributed by atoms with van der Waals surface area (Å²) in [5.41, 5.74) is 3.71. The first-order valence-corrected chi connectivity index (χ1v) is 8.39. The fourth-order valence-electron chi connectivity index (χ4n) is 3.65. The Kier molecular flexibility index (Phi) is 3.88. The lowest BCUT2D eigenvalue weighted by molar-refractivity contribution is -0.132. The molecule has 1 atom stereocenters. The van der Waals surface area contributed by atoms with Crippen LogP contribution in [0.3, 0.4) is 0 Å². The van der Waals surface area contributed by atoms with E-state index in [0.29, 0.717) is 18.0 Å². The van der Waals surface area contributed by atoms with E-state index in [0.717, 1.165) is 22.8 Å². The number of aromatic nitrogens is 1. The highest BCUT2D eigenvalue weighted by Crippen LogP contribution is 2.40. The van der Waals surface area contributed by atoms with E-state index in [2.05, 4.69) is 4.98 Å². The molecule has 26 heavy (non-hydrogen) atoms. The molecule has 2 aliphatic heterocycles. The number of anilines is 2. The van der Waals surface area contributed by atoms with Crippen LogP contribution in [-0.4, -0.2) is 28.8 Å². The number of hydrogen-bond donors (Lipinski definition) is 1. The fourth-order valence-corrected chi connectivity index (χ4v) is 3.65. The van der Waals surface area contributed by atoms with Crippen LogP contribution in [0.15, 0.2) is 71.8 Å². The number of hydrogen-bond acceptors (Lipinski definition) is 5. The highest BCUT2D eigenvalue weighted by atomic mass is 16.5. The van der Waals surface area contributed by atoms with Gasteiger partial charge in [0.25, 0.3) is 0 Å². The lowest BCUT2D eigenvalue weighted by Gasteiger charge is -2.37. The third-order valence-electron chi connectivity index (χ3n) is 4.78. The number of ether oxygens (including phenoxy) is 1. The summed E-state index contributed by atoms with van der Waals surface area (Å²) in [5, 5.41) is 9.94. The van der Waals surface area contributed by atoms with Crippen LogP contribution in [0.4, 0.5) is 11.4 Å². The zero-order valence-electron chi connectivity index (χ0n) is 14.6. The lowest BCUT2D eigenvalue weighted by Crippen LogP contribution is -2.42. The molecule has 0 radical (unpaired) electrons. The maximum atomic E-state index is 12.1. The maximum absolute atomic E-state index is 12.1. The minimum atomic E-state index is -0.936. The molecular weight excluding hydrogens is 330 g/mol. The lowest BCUT2D eigenvalue weighted by atomic mass is 9.96. The number of carboxylic acid groups (broad SMARTS) is 1. The van der Waals surface area contributed by atoms with Gasteiger partial charge in [-0.2, -0.15) is 0 Å². The van der Waals surface area contributed by atoms with E-state index in [9.17, 15) is 9.90 Å². The van der Waals surface area contributed by atoms with Crippen molar-refractivity contribution in [1.29, 1.82) is 0 Å². The third kappa shape index (κ3) is 2.50. The van der Waals surface area contributed by atoms with Crippen molar-refractivity contribution in [3.8, 4) is 5.75 Å². The van der Waals surface area contributed by atoms with E-state index < -0.39 is 12.0 Å². The van der Waals surface area contributed by atoms with Crippen molar-refractivity contribution in [3.63, 3.8) is 0 Å². The number of allylic oxidation sites excluding steroid dienone is 2. The van der Waals surface area contributed by atoms with Crippen molar-refractivity contribution < 1.29 is 14.6 Å². The van der Waals surface area contributed by atoms with E-state index in [1.54, 1.807) is 12.4 Å². The van der Waals surface area contributed by atoms with Gasteiger partial charge in [0.15, 0.2) is 6.73 Å². The summed E-state index contributed by atoms with van der Waals surface area (Å²) in [6.07, 6.45) is 5.40. The number of benzene rings is 1. The molecule has 0 fully saturated rings. The second-order valence-corrected chi connectivity index (χ2v) is 6.31. The number of fused-ring (bicyclic) bond motifs is 1. The number of carboxylic acids is 1. The smallest absolute Gasteiger partial charge is 0.335 e. The summed E-state index contributed by atoms with van der Waals surface area (Å²) in [7, 11) is 0. The van der Waals surface area contributed by atoms with E-state index in [-0.39, 0.29) is 0 Å². The van der Waals surface area contributed by atoms with Crippen LogP contribution in [-0.2, 0) is 4.79 Å². The van der Waals surface area contributed by atoms with Crippen LogP contribution in [0, 0.1) is 0 Å². The van der Waals surface area contributed by atoms with Gasteiger partial charge >= 0.3 is 5.97 Å². The topological polar surface area (TPSA) is 65.9 Å². The van der Waals surface area contributed by atoms with Crippen molar-refractivity contribution in [2.45, 2.75) is 19.9 Å². The first kappa shape index (κ1) is 16.2. The van der Waals surface area contributed by atoms with Crippen LogP contribution >= 0.6 is 0 Å². The van der Waals surface area contributed by atoms with Crippen LogP contribution in [0.25, 0.3) is 0 Å². The Labute approximate surface area is 151 Å². The Balaban J connectivity index is 1.80. The number of rotatable bonds is 3. The van der Waals surface area contributed by atoms with Crippen LogP contribution in [0.2, 0.25) is 0 Å². The predicted molar refractivity (Wildman–Crippen MR) is 99.0 cm³/mol. The molecular formula is C20H19N3O3. The van der Waals surface area contributed by atoms with Gasteiger partial charge in [-0.3, -0.25) is 4.98 Å². The molecule has 0 saturated heterocycles. The molecule has 0 bridgehead atoms. The van der Waals surface area contributed by atoms with Gasteiger partial charge < -0.3 is 19.6 Å². The minimum absolute atomic E-state index is 0.324. The minimum Gasteiger partial charge on any atom is -0.478 e. The Morgan fingerprint density at radius 3 is 2.77 bits per heavy atom. The zero-order chi connectivity index (χ0) is 18.3. The summed E-state index contributed by atoms with van der Waals surface area (Å²) >= 11 is 0. The summed E-state index contributed by atoms with van der Waals surface area (Å²) in [6.45, 7) is 4.14. The van der Waals surface area contributed by atoms with Crippen molar-refractivity contribution in [3.05, 3.63) is 71.8 Å². The van der Waals surface area contributed by atoms with E-state index in [4.69, 9.17) is 4.74 Å². The normalized spacial score (nSPS) is 19.2. The quantitative estimate of drug-likeness (QED) is 0.916. The van der Waals surface area contributed by atoms with Crippen molar-refractivity contribution >= 4 is 17.3 Å². The van der Waals surface area contributed by atoms with Crippen LogP contribution < -0.4 is 14.5 Å². The Bertz CT molecular complexity index is 921. The van der Waals surface area contributed by atoms with Gasteiger partial charge in [-0.15, -0.1) is 0 Å². The highest BCUT2D eigenvalue weighted by Gasteiger charge is 2.37. The van der Waals surface area contributed by atoms with Gasteiger partial charge in [0.1, 0.15) is 5.75 Å². The molecule has 1 unspecified atom stereocenters. The molecule has 0 saturated carbocycles. The summed E-state index contributed by atoms with van der Waals surface area (Å²) in [6, 6.07) is 11.0. The number of carbonyl (C=O) groups is 1. The predicted octanol–water partition coefficient (Wildman–Crippen LogP) is 3.39. The van der Waals surface area contributed by atoms with Gasteiger partial charge in [-0.05, 0) is 44.2 Å². The highest BCUT2D eigenvalue weighted by molar-refractivity contribution is 5.93.